The fourth-order valence-corrected chi connectivity index (χ4v) is 9.25. The topological polar surface area (TPSA) is 16.4 Å². The Kier molecular flexibility index (Phi) is 7.55. The highest BCUT2D eigenvalue weighted by atomic mass is 16.3. The van der Waals surface area contributed by atoms with Gasteiger partial charge in [-0.05, 0) is 91.9 Å². The van der Waals surface area contributed by atoms with Crippen molar-refractivity contribution in [3.05, 3.63) is 211 Å². The highest BCUT2D eigenvalue weighted by molar-refractivity contribution is 6.22. The van der Waals surface area contributed by atoms with E-state index in [1.807, 2.05) is 0 Å². The van der Waals surface area contributed by atoms with Gasteiger partial charge in [0.25, 0.3) is 0 Å². The Morgan fingerprint density at radius 2 is 0.877 bits per heavy atom. The van der Waals surface area contributed by atoms with Crippen molar-refractivity contribution in [2.45, 2.75) is 19.3 Å². The van der Waals surface area contributed by atoms with Gasteiger partial charge < -0.3 is 9.32 Å². The molecule has 0 radical (unpaired) electrons. The van der Waals surface area contributed by atoms with Gasteiger partial charge in [0.05, 0.1) is 5.69 Å². The van der Waals surface area contributed by atoms with Crippen LogP contribution in [0.3, 0.4) is 0 Å². The summed E-state index contributed by atoms with van der Waals surface area (Å²) in [4.78, 5) is 2.43. The molecule has 0 atom stereocenters. The van der Waals surface area contributed by atoms with E-state index in [1.165, 1.54) is 49.9 Å². The van der Waals surface area contributed by atoms with E-state index in [1.54, 1.807) is 0 Å². The molecule has 1 aliphatic rings. The zero-order valence-corrected chi connectivity index (χ0v) is 31.9. The first-order valence-corrected chi connectivity index (χ1v) is 19.8. The zero-order chi connectivity index (χ0) is 38.1. The predicted octanol–water partition coefficient (Wildman–Crippen LogP) is 15.5. The zero-order valence-electron chi connectivity index (χ0n) is 31.9. The molecule has 0 spiro atoms. The number of anilines is 3. The molecule has 0 amide bonds. The second-order valence-electron chi connectivity index (χ2n) is 15.7. The van der Waals surface area contributed by atoms with Crippen LogP contribution in [-0.4, -0.2) is 0 Å². The van der Waals surface area contributed by atoms with Crippen molar-refractivity contribution < 1.29 is 4.42 Å². The van der Waals surface area contributed by atoms with Gasteiger partial charge in [0.2, 0.25) is 0 Å². The number of benzene rings is 9. The fourth-order valence-electron chi connectivity index (χ4n) is 9.25. The summed E-state index contributed by atoms with van der Waals surface area (Å²) in [6.07, 6.45) is 0. The molecule has 1 aromatic heterocycles. The van der Waals surface area contributed by atoms with Crippen LogP contribution in [-0.2, 0) is 5.41 Å². The maximum Gasteiger partial charge on any atom is 0.160 e. The predicted molar refractivity (Wildman–Crippen MR) is 240 cm³/mol. The van der Waals surface area contributed by atoms with E-state index in [4.69, 9.17) is 4.42 Å². The van der Waals surface area contributed by atoms with E-state index in [-0.39, 0.29) is 5.41 Å². The first-order chi connectivity index (χ1) is 28.0. The van der Waals surface area contributed by atoms with Crippen molar-refractivity contribution in [2.24, 2.45) is 0 Å². The Bertz CT molecular complexity index is 3120. The maximum atomic E-state index is 7.31. The molecule has 0 bridgehead atoms. The molecule has 0 saturated carbocycles. The van der Waals surface area contributed by atoms with E-state index in [2.05, 4.69) is 219 Å². The third kappa shape index (κ3) is 5.25. The summed E-state index contributed by atoms with van der Waals surface area (Å²) in [5, 5.41) is 4.47. The molecule has 10 aromatic rings. The van der Waals surface area contributed by atoms with Crippen molar-refractivity contribution in [1.29, 1.82) is 0 Å². The van der Waals surface area contributed by atoms with E-state index in [0.717, 1.165) is 55.5 Å². The smallest absolute Gasteiger partial charge is 0.160 e. The van der Waals surface area contributed by atoms with Crippen LogP contribution >= 0.6 is 0 Å². The lowest BCUT2D eigenvalue weighted by molar-refractivity contribution is 0.660. The van der Waals surface area contributed by atoms with Crippen molar-refractivity contribution in [3.8, 4) is 44.5 Å². The number of hydrogen-bond acceptors (Lipinski definition) is 2. The van der Waals surface area contributed by atoms with Gasteiger partial charge in [-0.1, -0.05) is 178 Å². The molecular weight excluding hydrogens is 691 g/mol. The van der Waals surface area contributed by atoms with Gasteiger partial charge in [-0.3, -0.25) is 0 Å². The molecule has 0 aliphatic heterocycles. The molecule has 57 heavy (non-hydrogen) atoms. The minimum Gasteiger partial charge on any atom is -0.453 e. The van der Waals surface area contributed by atoms with E-state index < -0.39 is 0 Å². The summed E-state index contributed by atoms with van der Waals surface area (Å²) >= 11 is 0. The molecule has 2 nitrogen and oxygen atoms in total. The molecule has 0 saturated heterocycles. The highest BCUT2D eigenvalue weighted by Crippen LogP contribution is 2.53. The van der Waals surface area contributed by atoms with Gasteiger partial charge in [-0.2, -0.15) is 0 Å². The quantitative estimate of drug-likeness (QED) is 0.169. The SMILES string of the molecule is CC1(C)c2ccccc2-c2ccc(N(c3ccc(-c4ccccc4)cc3)c3c(-c4ccccc4)ccc4c3oc3c5ccccc5c(-c5ccccc5)cc43)cc21. The van der Waals surface area contributed by atoms with E-state index in [0.29, 0.717) is 0 Å². The summed E-state index contributed by atoms with van der Waals surface area (Å²) in [5.74, 6) is 0. The van der Waals surface area contributed by atoms with Crippen molar-refractivity contribution in [1.82, 2.24) is 0 Å². The first kappa shape index (κ1) is 33.2. The summed E-state index contributed by atoms with van der Waals surface area (Å²) in [6.45, 7) is 4.70. The molecule has 9 aromatic carbocycles. The van der Waals surface area contributed by atoms with Gasteiger partial charge in [0.15, 0.2) is 5.58 Å². The molecule has 270 valence electrons. The molecule has 2 heteroatoms. The van der Waals surface area contributed by atoms with Gasteiger partial charge in [0, 0.05) is 38.5 Å². The van der Waals surface area contributed by atoms with Crippen molar-refractivity contribution in [3.63, 3.8) is 0 Å². The lowest BCUT2D eigenvalue weighted by atomic mass is 9.82. The Morgan fingerprint density at radius 1 is 0.351 bits per heavy atom. The monoisotopic (exact) mass is 729 g/mol. The molecule has 1 aliphatic carbocycles. The van der Waals surface area contributed by atoms with Crippen LogP contribution in [0.15, 0.2) is 205 Å². The van der Waals surface area contributed by atoms with Gasteiger partial charge in [0.1, 0.15) is 5.58 Å². The van der Waals surface area contributed by atoms with Gasteiger partial charge in [-0.15, -0.1) is 0 Å². The van der Waals surface area contributed by atoms with E-state index >= 15 is 0 Å². The van der Waals surface area contributed by atoms with Crippen LogP contribution < -0.4 is 4.90 Å². The Morgan fingerprint density at radius 3 is 1.60 bits per heavy atom. The number of hydrogen-bond donors (Lipinski definition) is 0. The number of furan rings is 1. The second kappa shape index (κ2) is 13.0. The number of fused-ring (bicyclic) bond motifs is 8. The number of rotatable bonds is 6. The van der Waals surface area contributed by atoms with Gasteiger partial charge in [-0.25, -0.2) is 0 Å². The van der Waals surface area contributed by atoms with E-state index in [9.17, 15) is 0 Å². The summed E-state index contributed by atoms with van der Waals surface area (Å²) in [7, 11) is 0. The normalized spacial score (nSPS) is 12.9. The summed E-state index contributed by atoms with van der Waals surface area (Å²) in [5.41, 5.74) is 17.0. The third-order valence-corrected chi connectivity index (χ3v) is 12.1. The van der Waals surface area contributed by atoms with Crippen LogP contribution in [0.4, 0.5) is 17.1 Å². The molecule has 0 unspecified atom stereocenters. The largest absolute Gasteiger partial charge is 0.453 e. The van der Waals surface area contributed by atoms with Crippen LogP contribution in [0, 0.1) is 0 Å². The average Bonchev–Trinajstić information content (AvgIpc) is 3.77. The van der Waals surface area contributed by atoms with Crippen LogP contribution in [0.1, 0.15) is 25.0 Å². The first-order valence-electron chi connectivity index (χ1n) is 19.8. The standard InChI is InChI=1S/C55H39NO/c1-55(2)50-25-15-14-23-44(50)45-31-30-41(34-51(45)55)56(40-28-26-37(27-29-40)36-16-6-3-7-17-36)52-42(38-18-8-4-9-19-38)32-33-47-49-35-48(39-20-10-5-11-21-39)43-22-12-13-24-46(43)53(49)57-54(47)52/h3-35H,1-2H3. The van der Waals surface area contributed by atoms with Crippen LogP contribution in [0.25, 0.3) is 77.2 Å². The lowest BCUT2D eigenvalue weighted by Crippen LogP contribution is -2.17. The maximum absolute atomic E-state index is 7.31. The van der Waals surface area contributed by atoms with Gasteiger partial charge >= 0.3 is 0 Å². The highest BCUT2D eigenvalue weighted by Gasteiger charge is 2.36. The molecular formula is C55H39NO. The average molecular weight is 730 g/mol. The Labute approximate surface area is 332 Å². The minimum atomic E-state index is -0.162. The fraction of sp³-hybridized carbons (Fsp3) is 0.0545. The van der Waals surface area contributed by atoms with Crippen LogP contribution in [0.2, 0.25) is 0 Å². The Hall–Kier alpha value is -7.16. The summed E-state index contributed by atoms with van der Waals surface area (Å²) in [6, 6.07) is 72.5. The number of nitrogens with zero attached hydrogens (tertiary/aromatic N) is 1. The molecule has 0 N–H and O–H groups in total. The molecule has 11 rings (SSSR count). The summed E-state index contributed by atoms with van der Waals surface area (Å²) < 4.78 is 7.31. The third-order valence-electron chi connectivity index (χ3n) is 12.1. The Balaban J connectivity index is 1.23. The lowest BCUT2D eigenvalue weighted by Gasteiger charge is -2.30. The molecule has 0 fully saturated rings. The van der Waals surface area contributed by atoms with Crippen LogP contribution in [0.5, 0.6) is 0 Å². The van der Waals surface area contributed by atoms with Crippen molar-refractivity contribution in [2.75, 3.05) is 4.90 Å². The minimum absolute atomic E-state index is 0.162. The second-order valence-corrected chi connectivity index (χ2v) is 15.7. The molecule has 1 heterocycles. The van der Waals surface area contributed by atoms with Crippen molar-refractivity contribution >= 4 is 49.8 Å².